The molecule has 1 fully saturated rings. The number of benzene rings is 1. The van der Waals surface area contributed by atoms with Gasteiger partial charge in [-0.25, -0.2) is 0 Å². The van der Waals surface area contributed by atoms with Crippen LogP contribution in [0.1, 0.15) is 5.56 Å². The maximum atomic E-state index is 2.21. The lowest BCUT2D eigenvalue weighted by molar-refractivity contribution is 1.02. The van der Waals surface area contributed by atoms with Gasteiger partial charge in [0.05, 0.1) is 0 Å². The standard InChI is InChI=1S/C9H10S/c1-2-4-8(5-3-1)6-9-7-10-9/h1-5,9H,6-7H2. The second-order valence-electron chi connectivity index (χ2n) is 2.65. The predicted octanol–water partition coefficient (Wildman–Crippen LogP) is 2.34. The van der Waals surface area contributed by atoms with E-state index in [1.54, 1.807) is 0 Å². The fourth-order valence-corrected chi connectivity index (χ4v) is 1.63. The van der Waals surface area contributed by atoms with Crippen LogP contribution in [0.4, 0.5) is 0 Å². The lowest BCUT2D eigenvalue weighted by Gasteiger charge is -1.94. The molecular formula is C9H10S. The zero-order chi connectivity index (χ0) is 6.81. The van der Waals surface area contributed by atoms with Crippen LogP contribution >= 0.6 is 11.8 Å². The molecule has 0 nitrogen and oxygen atoms in total. The van der Waals surface area contributed by atoms with Crippen molar-refractivity contribution in [2.45, 2.75) is 11.7 Å². The van der Waals surface area contributed by atoms with Crippen LogP contribution in [-0.4, -0.2) is 11.0 Å². The van der Waals surface area contributed by atoms with Crippen LogP contribution in [0.3, 0.4) is 0 Å². The molecule has 1 aromatic carbocycles. The summed E-state index contributed by atoms with van der Waals surface area (Å²) in [5.74, 6) is 1.37. The molecule has 0 N–H and O–H groups in total. The highest BCUT2D eigenvalue weighted by atomic mass is 32.2. The van der Waals surface area contributed by atoms with Crippen molar-refractivity contribution in [1.82, 2.24) is 0 Å². The van der Waals surface area contributed by atoms with Crippen LogP contribution in [0.15, 0.2) is 30.3 Å². The molecule has 0 aromatic heterocycles. The summed E-state index contributed by atoms with van der Waals surface area (Å²) in [5, 5.41) is 0.933. The first-order valence-corrected chi connectivity index (χ1v) is 4.65. The monoisotopic (exact) mass is 150 g/mol. The van der Waals surface area contributed by atoms with E-state index in [1.807, 2.05) is 0 Å². The number of hydrogen-bond acceptors (Lipinski definition) is 1. The first-order chi connectivity index (χ1) is 4.95. The summed E-state index contributed by atoms with van der Waals surface area (Å²) in [6.45, 7) is 0. The van der Waals surface area contributed by atoms with Gasteiger partial charge in [-0.2, -0.15) is 11.8 Å². The molecule has 0 spiro atoms. The first-order valence-electron chi connectivity index (χ1n) is 3.61. The Labute approximate surface area is 65.6 Å². The van der Waals surface area contributed by atoms with E-state index in [4.69, 9.17) is 0 Å². The maximum Gasteiger partial charge on any atom is 0.0179 e. The summed E-state index contributed by atoms with van der Waals surface area (Å²) >= 11 is 2.06. The van der Waals surface area contributed by atoms with Gasteiger partial charge in [-0.15, -0.1) is 0 Å². The minimum Gasteiger partial charge on any atom is -0.156 e. The van der Waals surface area contributed by atoms with E-state index in [1.165, 1.54) is 17.7 Å². The predicted molar refractivity (Wildman–Crippen MR) is 46.4 cm³/mol. The average Bonchev–Trinajstić information content (AvgIpc) is 2.74. The van der Waals surface area contributed by atoms with Gasteiger partial charge in [-0.1, -0.05) is 30.3 Å². The third-order valence-electron chi connectivity index (χ3n) is 1.71. The normalized spacial score (nSPS) is 22.6. The summed E-state index contributed by atoms with van der Waals surface area (Å²) in [7, 11) is 0. The van der Waals surface area contributed by atoms with Gasteiger partial charge in [-0.3, -0.25) is 0 Å². The van der Waals surface area contributed by atoms with E-state index in [9.17, 15) is 0 Å². The number of hydrogen-bond donors (Lipinski definition) is 0. The maximum absolute atomic E-state index is 2.21. The number of thioether (sulfide) groups is 1. The van der Waals surface area contributed by atoms with Gasteiger partial charge < -0.3 is 0 Å². The van der Waals surface area contributed by atoms with E-state index in [0.29, 0.717) is 0 Å². The Bertz CT molecular complexity index is 201. The lowest BCUT2D eigenvalue weighted by Crippen LogP contribution is -1.89. The highest BCUT2D eigenvalue weighted by Gasteiger charge is 2.21. The van der Waals surface area contributed by atoms with E-state index in [0.717, 1.165) is 5.25 Å². The van der Waals surface area contributed by atoms with Crippen molar-refractivity contribution in [2.24, 2.45) is 0 Å². The van der Waals surface area contributed by atoms with Gasteiger partial charge in [0, 0.05) is 11.0 Å². The Morgan fingerprint density at radius 2 is 2.00 bits per heavy atom. The summed E-state index contributed by atoms with van der Waals surface area (Å²) in [6, 6.07) is 10.7. The summed E-state index contributed by atoms with van der Waals surface area (Å²) < 4.78 is 0. The molecule has 0 saturated carbocycles. The molecule has 0 radical (unpaired) electrons. The van der Waals surface area contributed by atoms with Gasteiger partial charge in [0.25, 0.3) is 0 Å². The quantitative estimate of drug-likeness (QED) is 0.583. The Balaban J connectivity index is 2.03. The highest BCUT2D eigenvalue weighted by Crippen LogP contribution is 2.32. The molecule has 1 heteroatoms. The Kier molecular flexibility index (Phi) is 1.68. The van der Waals surface area contributed by atoms with E-state index in [-0.39, 0.29) is 0 Å². The molecule has 1 atom stereocenters. The van der Waals surface area contributed by atoms with Gasteiger partial charge >= 0.3 is 0 Å². The topological polar surface area (TPSA) is 0 Å². The molecular weight excluding hydrogens is 140 g/mol. The van der Waals surface area contributed by atoms with Crippen molar-refractivity contribution >= 4 is 11.8 Å². The molecule has 1 aliphatic heterocycles. The fourth-order valence-electron chi connectivity index (χ4n) is 1.06. The molecule has 0 bridgehead atoms. The highest BCUT2D eigenvalue weighted by molar-refractivity contribution is 8.06. The second-order valence-corrected chi connectivity index (χ2v) is 3.98. The van der Waals surface area contributed by atoms with Crippen molar-refractivity contribution < 1.29 is 0 Å². The van der Waals surface area contributed by atoms with Crippen molar-refractivity contribution in [1.29, 1.82) is 0 Å². The van der Waals surface area contributed by atoms with Crippen LogP contribution in [0.25, 0.3) is 0 Å². The van der Waals surface area contributed by atoms with E-state index < -0.39 is 0 Å². The molecule has 1 saturated heterocycles. The van der Waals surface area contributed by atoms with Crippen molar-refractivity contribution in [2.75, 3.05) is 5.75 Å². The second kappa shape index (κ2) is 2.67. The number of rotatable bonds is 2. The third kappa shape index (κ3) is 1.54. The molecule has 10 heavy (non-hydrogen) atoms. The van der Waals surface area contributed by atoms with E-state index >= 15 is 0 Å². The Morgan fingerprint density at radius 3 is 2.60 bits per heavy atom. The van der Waals surface area contributed by atoms with Crippen LogP contribution < -0.4 is 0 Å². The average molecular weight is 150 g/mol. The lowest BCUT2D eigenvalue weighted by atomic mass is 10.1. The van der Waals surface area contributed by atoms with Gasteiger partial charge in [-0.05, 0) is 12.0 Å². The van der Waals surface area contributed by atoms with E-state index in [2.05, 4.69) is 42.1 Å². The molecule has 0 amide bonds. The minimum absolute atomic E-state index is 0.933. The summed E-state index contributed by atoms with van der Waals surface area (Å²) in [6.07, 6.45) is 1.27. The Hall–Kier alpha value is -0.430. The molecule has 1 heterocycles. The molecule has 2 rings (SSSR count). The minimum atomic E-state index is 0.933. The summed E-state index contributed by atoms with van der Waals surface area (Å²) in [4.78, 5) is 0. The van der Waals surface area contributed by atoms with Crippen LogP contribution in [0.2, 0.25) is 0 Å². The molecule has 1 unspecified atom stereocenters. The molecule has 1 aliphatic rings. The summed E-state index contributed by atoms with van der Waals surface area (Å²) in [5.41, 5.74) is 1.48. The zero-order valence-corrected chi connectivity index (χ0v) is 6.60. The van der Waals surface area contributed by atoms with Crippen molar-refractivity contribution in [3.05, 3.63) is 35.9 Å². The Morgan fingerprint density at radius 1 is 1.30 bits per heavy atom. The molecule has 1 aromatic rings. The first kappa shape index (κ1) is 6.29. The largest absolute Gasteiger partial charge is 0.156 e. The fraction of sp³-hybridized carbons (Fsp3) is 0.333. The van der Waals surface area contributed by atoms with Crippen molar-refractivity contribution in [3.8, 4) is 0 Å². The van der Waals surface area contributed by atoms with Gasteiger partial charge in [0.15, 0.2) is 0 Å². The van der Waals surface area contributed by atoms with Crippen molar-refractivity contribution in [3.63, 3.8) is 0 Å². The van der Waals surface area contributed by atoms with Crippen LogP contribution in [0, 0.1) is 0 Å². The van der Waals surface area contributed by atoms with Gasteiger partial charge in [0.1, 0.15) is 0 Å². The molecule has 52 valence electrons. The smallest absolute Gasteiger partial charge is 0.0179 e. The third-order valence-corrected chi connectivity index (χ3v) is 2.68. The van der Waals surface area contributed by atoms with Crippen LogP contribution in [0.5, 0.6) is 0 Å². The van der Waals surface area contributed by atoms with Gasteiger partial charge in [0.2, 0.25) is 0 Å². The molecule has 0 aliphatic carbocycles. The van der Waals surface area contributed by atoms with Crippen LogP contribution in [-0.2, 0) is 6.42 Å². The zero-order valence-electron chi connectivity index (χ0n) is 5.79. The SMILES string of the molecule is c1ccc(CC2CS2)cc1.